The van der Waals surface area contributed by atoms with Crippen LogP contribution in [0, 0.1) is 30.1 Å². The molecular weight excluding hydrogens is 238 g/mol. The largest absolute Gasteiger partial charge is 0.384 e. The van der Waals surface area contributed by atoms with Gasteiger partial charge in [0.25, 0.3) is 0 Å². The van der Waals surface area contributed by atoms with Crippen molar-refractivity contribution in [2.24, 2.45) is 11.3 Å². The maximum absolute atomic E-state index is 12.0. The Morgan fingerprint density at radius 1 is 1.53 bits per heavy atom. The molecule has 1 fully saturated rings. The number of nitrogens with one attached hydrogen (secondary N) is 1. The quantitative estimate of drug-likeness (QED) is 0.799. The van der Waals surface area contributed by atoms with Gasteiger partial charge in [0.1, 0.15) is 6.61 Å². The van der Waals surface area contributed by atoms with Gasteiger partial charge in [0.05, 0.1) is 0 Å². The van der Waals surface area contributed by atoms with Gasteiger partial charge in [-0.25, -0.2) is 0 Å². The molecule has 0 spiro atoms. The van der Waals surface area contributed by atoms with Crippen molar-refractivity contribution < 1.29 is 9.90 Å². The fraction of sp³-hybridized carbons (Fsp3) is 0.438. The Kier molecular flexibility index (Phi) is 3.64. The molecule has 1 aromatic rings. The molecule has 0 aliphatic heterocycles. The molecule has 3 heteroatoms. The summed E-state index contributed by atoms with van der Waals surface area (Å²) in [5, 5.41) is 11.6. The molecular formula is C16H19NO2. The van der Waals surface area contributed by atoms with Crippen LogP contribution in [0.2, 0.25) is 0 Å². The molecule has 19 heavy (non-hydrogen) atoms. The predicted molar refractivity (Wildman–Crippen MR) is 75.7 cm³/mol. The van der Waals surface area contributed by atoms with Crippen molar-refractivity contribution in [1.82, 2.24) is 0 Å². The van der Waals surface area contributed by atoms with Crippen LogP contribution < -0.4 is 5.32 Å². The van der Waals surface area contributed by atoms with Gasteiger partial charge in [-0.3, -0.25) is 4.79 Å². The highest BCUT2D eigenvalue weighted by Crippen LogP contribution is 2.52. The van der Waals surface area contributed by atoms with E-state index in [1.165, 1.54) is 0 Å². The molecule has 100 valence electrons. The molecule has 0 saturated heterocycles. The molecule has 1 amide bonds. The van der Waals surface area contributed by atoms with Gasteiger partial charge < -0.3 is 10.4 Å². The van der Waals surface area contributed by atoms with Crippen molar-refractivity contribution >= 4 is 11.6 Å². The van der Waals surface area contributed by atoms with E-state index in [1.54, 1.807) is 0 Å². The number of benzene rings is 1. The zero-order valence-corrected chi connectivity index (χ0v) is 11.6. The van der Waals surface area contributed by atoms with Crippen molar-refractivity contribution in [2.45, 2.75) is 27.2 Å². The van der Waals surface area contributed by atoms with Crippen LogP contribution in [-0.2, 0) is 4.79 Å². The minimum atomic E-state index is -0.145. The second-order valence-electron chi connectivity index (χ2n) is 5.72. The molecule has 1 atom stereocenters. The Morgan fingerprint density at radius 3 is 2.74 bits per heavy atom. The summed E-state index contributed by atoms with van der Waals surface area (Å²) in [4.78, 5) is 12.0. The topological polar surface area (TPSA) is 49.3 Å². The van der Waals surface area contributed by atoms with Crippen LogP contribution in [0.5, 0.6) is 0 Å². The summed E-state index contributed by atoms with van der Waals surface area (Å²) in [5.41, 5.74) is 2.81. The van der Waals surface area contributed by atoms with E-state index in [4.69, 9.17) is 5.11 Å². The van der Waals surface area contributed by atoms with Crippen molar-refractivity contribution in [3.63, 3.8) is 0 Å². The van der Waals surface area contributed by atoms with Gasteiger partial charge in [0.15, 0.2) is 0 Å². The van der Waals surface area contributed by atoms with Crippen LogP contribution in [-0.4, -0.2) is 17.6 Å². The fourth-order valence-corrected chi connectivity index (χ4v) is 2.16. The SMILES string of the molecule is Cc1cc(C#CCO)ccc1NC(=O)C1CC1(C)C. The van der Waals surface area contributed by atoms with Crippen LogP contribution in [0.4, 0.5) is 5.69 Å². The summed E-state index contributed by atoms with van der Waals surface area (Å²) in [5.74, 6) is 5.69. The van der Waals surface area contributed by atoms with E-state index >= 15 is 0 Å². The third-order valence-electron chi connectivity index (χ3n) is 3.63. The van der Waals surface area contributed by atoms with Crippen LogP contribution in [0.1, 0.15) is 31.4 Å². The van der Waals surface area contributed by atoms with Crippen molar-refractivity contribution in [3.8, 4) is 11.8 Å². The highest BCUT2D eigenvalue weighted by atomic mass is 16.2. The van der Waals surface area contributed by atoms with Crippen LogP contribution in [0.25, 0.3) is 0 Å². The van der Waals surface area contributed by atoms with E-state index in [9.17, 15) is 4.79 Å². The number of aliphatic hydroxyl groups excluding tert-OH is 1. The first-order valence-electron chi connectivity index (χ1n) is 6.45. The maximum atomic E-state index is 12.0. The summed E-state index contributed by atoms with van der Waals surface area (Å²) < 4.78 is 0. The van der Waals surface area contributed by atoms with E-state index in [1.807, 2.05) is 25.1 Å². The minimum Gasteiger partial charge on any atom is -0.384 e. The standard InChI is InChI=1S/C16H19NO2/c1-11-9-12(5-4-8-18)6-7-14(11)17-15(19)13-10-16(13,2)3/h6-7,9,13,18H,8,10H2,1-3H3,(H,17,19). The predicted octanol–water partition coefficient (Wildman–Crippen LogP) is 2.32. The molecule has 1 aliphatic rings. The minimum absolute atomic E-state index is 0.0993. The smallest absolute Gasteiger partial charge is 0.228 e. The Morgan fingerprint density at radius 2 is 2.21 bits per heavy atom. The molecule has 1 saturated carbocycles. The van der Waals surface area contributed by atoms with E-state index < -0.39 is 0 Å². The first-order valence-corrected chi connectivity index (χ1v) is 6.45. The number of carbonyl (C=O) groups excluding carboxylic acids is 1. The first-order chi connectivity index (χ1) is 8.94. The lowest BCUT2D eigenvalue weighted by atomic mass is 10.1. The Bertz CT molecular complexity index is 564. The molecule has 2 N–H and O–H groups in total. The summed E-state index contributed by atoms with van der Waals surface area (Å²) >= 11 is 0. The summed E-state index contributed by atoms with van der Waals surface area (Å²) in [6.45, 7) is 6.02. The van der Waals surface area contributed by atoms with E-state index in [0.29, 0.717) is 0 Å². The number of aliphatic hydroxyl groups is 1. The molecule has 1 aliphatic carbocycles. The Labute approximate surface area is 114 Å². The third kappa shape index (κ3) is 3.15. The number of aryl methyl sites for hydroxylation is 1. The molecule has 2 rings (SSSR count). The molecule has 0 aromatic heterocycles. The van der Waals surface area contributed by atoms with Gasteiger partial charge in [-0.1, -0.05) is 25.7 Å². The highest BCUT2D eigenvalue weighted by molar-refractivity contribution is 5.95. The second-order valence-corrected chi connectivity index (χ2v) is 5.72. The lowest BCUT2D eigenvalue weighted by Gasteiger charge is -2.09. The van der Waals surface area contributed by atoms with Crippen molar-refractivity contribution in [2.75, 3.05) is 11.9 Å². The molecule has 1 aromatic carbocycles. The number of carbonyl (C=O) groups is 1. The molecule has 0 bridgehead atoms. The third-order valence-corrected chi connectivity index (χ3v) is 3.63. The van der Waals surface area contributed by atoms with Crippen molar-refractivity contribution in [3.05, 3.63) is 29.3 Å². The lowest BCUT2D eigenvalue weighted by Crippen LogP contribution is -2.17. The number of amides is 1. The number of hydrogen-bond donors (Lipinski definition) is 2. The molecule has 1 unspecified atom stereocenters. The van der Waals surface area contributed by atoms with Crippen molar-refractivity contribution in [1.29, 1.82) is 0 Å². The van der Waals surface area contributed by atoms with Gasteiger partial charge in [0.2, 0.25) is 5.91 Å². The lowest BCUT2D eigenvalue weighted by molar-refractivity contribution is -0.118. The van der Waals surface area contributed by atoms with Crippen LogP contribution in [0.3, 0.4) is 0 Å². The van der Waals surface area contributed by atoms with Gasteiger partial charge >= 0.3 is 0 Å². The summed E-state index contributed by atoms with van der Waals surface area (Å²) in [6, 6.07) is 5.63. The van der Waals surface area contributed by atoms with Crippen LogP contribution in [0.15, 0.2) is 18.2 Å². The van der Waals surface area contributed by atoms with Gasteiger partial charge in [-0.15, -0.1) is 0 Å². The molecule has 3 nitrogen and oxygen atoms in total. The number of hydrogen-bond acceptors (Lipinski definition) is 2. The van der Waals surface area contributed by atoms with Crippen LogP contribution >= 0.6 is 0 Å². The zero-order valence-electron chi connectivity index (χ0n) is 11.6. The van der Waals surface area contributed by atoms with Gasteiger partial charge in [0, 0.05) is 17.2 Å². The Balaban J connectivity index is 2.07. The maximum Gasteiger partial charge on any atom is 0.228 e. The fourth-order valence-electron chi connectivity index (χ4n) is 2.16. The first kappa shape index (κ1) is 13.6. The number of rotatable bonds is 2. The van der Waals surface area contributed by atoms with E-state index in [2.05, 4.69) is 31.0 Å². The van der Waals surface area contributed by atoms with Gasteiger partial charge in [-0.2, -0.15) is 0 Å². The molecule has 0 radical (unpaired) electrons. The molecule has 0 heterocycles. The normalized spacial score (nSPS) is 19.3. The summed E-state index contributed by atoms with van der Waals surface area (Å²) in [7, 11) is 0. The van der Waals surface area contributed by atoms with E-state index in [-0.39, 0.29) is 23.8 Å². The van der Waals surface area contributed by atoms with Gasteiger partial charge in [-0.05, 0) is 42.5 Å². The van der Waals surface area contributed by atoms with E-state index in [0.717, 1.165) is 23.2 Å². The Hall–Kier alpha value is -1.79. The highest BCUT2D eigenvalue weighted by Gasteiger charge is 2.50. The average Bonchev–Trinajstić information content (AvgIpc) is 2.99. The zero-order chi connectivity index (χ0) is 14.0. The summed E-state index contributed by atoms with van der Waals surface area (Å²) in [6.07, 6.45) is 0.956. The number of anilines is 1. The average molecular weight is 257 g/mol. The monoisotopic (exact) mass is 257 g/mol. The second kappa shape index (κ2) is 5.07.